The Kier molecular flexibility index (Phi) is 9.64. The van der Waals surface area contributed by atoms with Gasteiger partial charge in [0.1, 0.15) is 0 Å². The monoisotopic (exact) mass is 373 g/mol. The van der Waals surface area contributed by atoms with Crippen LogP contribution in [-0.2, 0) is 13.1 Å². The first-order valence-corrected chi connectivity index (χ1v) is 10.6. The molecule has 0 amide bonds. The molecule has 0 aromatic heterocycles. The van der Waals surface area contributed by atoms with Gasteiger partial charge < -0.3 is 20.4 Å². The lowest BCUT2D eigenvalue weighted by atomic mass is 10.0. The highest BCUT2D eigenvalue weighted by Crippen LogP contribution is 2.16. The van der Waals surface area contributed by atoms with E-state index >= 15 is 0 Å². The third-order valence-electron chi connectivity index (χ3n) is 5.11. The van der Waals surface area contributed by atoms with Crippen molar-refractivity contribution in [3.05, 3.63) is 35.4 Å². The molecule has 2 N–H and O–H groups in total. The first-order chi connectivity index (χ1) is 13.1. The number of likely N-dealkylation sites (tertiary alicyclic amines) is 1. The van der Waals surface area contributed by atoms with Crippen molar-refractivity contribution in [3.63, 3.8) is 0 Å². The summed E-state index contributed by atoms with van der Waals surface area (Å²) in [4.78, 5) is 9.59. The molecule has 1 atom stereocenters. The molecular weight excluding hydrogens is 334 g/mol. The fraction of sp³-hybridized carbons (Fsp3) is 0.682. The van der Waals surface area contributed by atoms with Gasteiger partial charge in [0.15, 0.2) is 5.96 Å². The van der Waals surface area contributed by atoms with E-state index in [0.717, 1.165) is 38.1 Å². The number of hydrogen-bond acceptors (Lipinski definition) is 3. The highest BCUT2D eigenvalue weighted by molar-refractivity contribution is 5.79. The number of aliphatic imine (C=N–C) groups is 1. The van der Waals surface area contributed by atoms with Gasteiger partial charge in [0.2, 0.25) is 0 Å². The lowest BCUT2D eigenvalue weighted by Gasteiger charge is -2.33. The second kappa shape index (κ2) is 12.0. The van der Waals surface area contributed by atoms with Crippen LogP contribution < -0.4 is 10.6 Å². The average Bonchev–Trinajstić information content (AvgIpc) is 2.64. The van der Waals surface area contributed by atoms with Crippen molar-refractivity contribution < 1.29 is 0 Å². The number of guanidine groups is 1. The largest absolute Gasteiger partial charge is 0.357 e. The van der Waals surface area contributed by atoms with Crippen molar-refractivity contribution in [2.75, 3.05) is 40.3 Å². The molecule has 1 aromatic rings. The SMILES string of the molecule is CCNC(=NCc1cccc(CN(C)C)c1)NCCCN1CCCCC1C. The van der Waals surface area contributed by atoms with Gasteiger partial charge in [-0.05, 0) is 64.9 Å². The Hall–Kier alpha value is -1.59. The van der Waals surface area contributed by atoms with Gasteiger partial charge in [-0.1, -0.05) is 30.7 Å². The Morgan fingerprint density at radius 2 is 2.04 bits per heavy atom. The lowest BCUT2D eigenvalue weighted by molar-refractivity contribution is 0.159. The van der Waals surface area contributed by atoms with Crippen LogP contribution in [0.2, 0.25) is 0 Å². The second-order valence-electron chi connectivity index (χ2n) is 7.91. The topological polar surface area (TPSA) is 42.9 Å². The van der Waals surface area contributed by atoms with Gasteiger partial charge in [-0.2, -0.15) is 0 Å². The maximum Gasteiger partial charge on any atom is 0.191 e. The summed E-state index contributed by atoms with van der Waals surface area (Å²) in [5, 5.41) is 6.86. The third-order valence-corrected chi connectivity index (χ3v) is 5.11. The summed E-state index contributed by atoms with van der Waals surface area (Å²) in [5.41, 5.74) is 2.59. The average molecular weight is 374 g/mol. The molecule has 0 aliphatic carbocycles. The fourth-order valence-corrected chi connectivity index (χ4v) is 3.68. The molecule has 0 bridgehead atoms. The Morgan fingerprint density at radius 1 is 1.22 bits per heavy atom. The maximum absolute atomic E-state index is 4.77. The van der Waals surface area contributed by atoms with E-state index in [1.807, 2.05) is 0 Å². The highest BCUT2D eigenvalue weighted by Gasteiger charge is 2.17. The zero-order valence-corrected chi connectivity index (χ0v) is 17.8. The molecule has 1 saturated heterocycles. The Balaban J connectivity index is 1.79. The second-order valence-corrected chi connectivity index (χ2v) is 7.91. The predicted molar refractivity (Wildman–Crippen MR) is 116 cm³/mol. The van der Waals surface area contributed by atoms with Crippen molar-refractivity contribution in [3.8, 4) is 0 Å². The normalized spacial score (nSPS) is 18.7. The van der Waals surface area contributed by atoms with E-state index in [1.165, 1.54) is 43.5 Å². The molecule has 1 fully saturated rings. The van der Waals surface area contributed by atoms with Crippen LogP contribution >= 0.6 is 0 Å². The summed E-state index contributed by atoms with van der Waals surface area (Å²) >= 11 is 0. The molecule has 1 heterocycles. The quantitative estimate of drug-likeness (QED) is 0.397. The molecule has 0 saturated carbocycles. The van der Waals surface area contributed by atoms with Gasteiger partial charge in [-0.3, -0.25) is 0 Å². The van der Waals surface area contributed by atoms with Crippen molar-refractivity contribution in [2.24, 2.45) is 4.99 Å². The minimum absolute atomic E-state index is 0.708. The van der Waals surface area contributed by atoms with Gasteiger partial charge in [-0.15, -0.1) is 0 Å². The smallest absolute Gasteiger partial charge is 0.191 e. The van der Waals surface area contributed by atoms with E-state index < -0.39 is 0 Å². The summed E-state index contributed by atoms with van der Waals surface area (Å²) in [6.07, 6.45) is 5.26. The van der Waals surface area contributed by atoms with E-state index in [1.54, 1.807) is 0 Å². The summed E-state index contributed by atoms with van der Waals surface area (Å²) < 4.78 is 0. The van der Waals surface area contributed by atoms with Crippen molar-refractivity contribution in [1.29, 1.82) is 0 Å². The van der Waals surface area contributed by atoms with Gasteiger partial charge in [0, 0.05) is 32.2 Å². The minimum Gasteiger partial charge on any atom is -0.357 e. The summed E-state index contributed by atoms with van der Waals surface area (Å²) in [5.74, 6) is 0.919. The summed E-state index contributed by atoms with van der Waals surface area (Å²) in [6.45, 7) is 10.4. The molecule has 0 radical (unpaired) electrons. The number of hydrogen-bond donors (Lipinski definition) is 2. The van der Waals surface area contributed by atoms with E-state index in [4.69, 9.17) is 4.99 Å². The zero-order chi connectivity index (χ0) is 19.5. The molecule has 1 aliphatic heterocycles. The molecule has 1 unspecified atom stereocenters. The van der Waals surface area contributed by atoms with Crippen molar-refractivity contribution in [1.82, 2.24) is 20.4 Å². The predicted octanol–water partition coefficient (Wildman–Crippen LogP) is 3.07. The minimum atomic E-state index is 0.708. The Morgan fingerprint density at radius 3 is 2.78 bits per heavy atom. The first kappa shape index (κ1) is 21.7. The van der Waals surface area contributed by atoms with Gasteiger partial charge in [0.05, 0.1) is 6.54 Å². The standard InChI is InChI=1S/C22H39N5/c1-5-23-22(24-13-9-15-27-14-7-6-10-19(27)2)25-17-20-11-8-12-21(16-20)18-26(3)4/h8,11-12,16,19H,5-7,9-10,13-15,17-18H2,1-4H3,(H2,23,24,25). The van der Waals surface area contributed by atoms with Crippen LogP contribution in [-0.4, -0.2) is 62.1 Å². The summed E-state index contributed by atoms with van der Waals surface area (Å²) in [6, 6.07) is 9.46. The van der Waals surface area contributed by atoms with Crippen LogP contribution in [0.5, 0.6) is 0 Å². The highest BCUT2D eigenvalue weighted by atomic mass is 15.2. The fourth-order valence-electron chi connectivity index (χ4n) is 3.68. The first-order valence-electron chi connectivity index (χ1n) is 10.6. The third kappa shape index (κ3) is 8.31. The molecule has 5 nitrogen and oxygen atoms in total. The molecule has 152 valence electrons. The molecular formula is C22H39N5. The molecule has 2 rings (SSSR count). The Labute approximate surface area is 166 Å². The van der Waals surface area contributed by atoms with Crippen LogP contribution in [0.15, 0.2) is 29.3 Å². The van der Waals surface area contributed by atoms with Crippen LogP contribution in [0.4, 0.5) is 0 Å². The molecule has 27 heavy (non-hydrogen) atoms. The van der Waals surface area contributed by atoms with Gasteiger partial charge >= 0.3 is 0 Å². The van der Waals surface area contributed by atoms with E-state index in [9.17, 15) is 0 Å². The lowest BCUT2D eigenvalue weighted by Crippen LogP contribution is -2.41. The van der Waals surface area contributed by atoms with Crippen LogP contribution in [0, 0.1) is 0 Å². The molecule has 0 spiro atoms. The van der Waals surface area contributed by atoms with Gasteiger partial charge in [-0.25, -0.2) is 4.99 Å². The summed E-state index contributed by atoms with van der Waals surface area (Å²) in [7, 11) is 4.20. The van der Waals surface area contributed by atoms with Crippen molar-refractivity contribution >= 4 is 5.96 Å². The van der Waals surface area contributed by atoms with Crippen molar-refractivity contribution in [2.45, 2.75) is 58.7 Å². The molecule has 5 heteroatoms. The number of nitrogens with zero attached hydrogens (tertiary/aromatic N) is 3. The van der Waals surface area contributed by atoms with Gasteiger partial charge in [0.25, 0.3) is 0 Å². The van der Waals surface area contributed by atoms with Crippen LogP contribution in [0.3, 0.4) is 0 Å². The number of rotatable bonds is 9. The van der Waals surface area contributed by atoms with Crippen LogP contribution in [0.25, 0.3) is 0 Å². The number of nitrogens with one attached hydrogen (secondary N) is 2. The zero-order valence-electron chi connectivity index (χ0n) is 17.8. The molecule has 1 aromatic carbocycles. The Bertz CT molecular complexity index is 570. The van der Waals surface area contributed by atoms with E-state index in [-0.39, 0.29) is 0 Å². The van der Waals surface area contributed by atoms with E-state index in [2.05, 4.69) is 72.6 Å². The molecule has 1 aliphatic rings. The number of piperidine rings is 1. The maximum atomic E-state index is 4.77. The number of benzene rings is 1. The van der Waals surface area contributed by atoms with E-state index in [0.29, 0.717) is 6.54 Å². The van der Waals surface area contributed by atoms with Crippen LogP contribution in [0.1, 0.15) is 50.7 Å².